The molecule has 0 spiro atoms. The van der Waals surface area contributed by atoms with E-state index in [1.807, 2.05) is 0 Å². The second-order valence-electron chi connectivity index (χ2n) is 3.98. The fourth-order valence-electron chi connectivity index (χ4n) is 1.43. The standard InChI is InChI=1S/C13H10BrClN2O3S/c14-10-6-16-13(21-10)17-11(18)7-20-12(19)5-8-1-3-9(15)4-2-8/h1-4,6H,5,7H2,(H,16,17,18). The SMILES string of the molecule is O=C(COC(=O)Cc1ccc(Cl)cc1)Nc1ncc(Br)s1. The average molecular weight is 390 g/mol. The van der Waals surface area contributed by atoms with Crippen molar-refractivity contribution in [3.8, 4) is 0 Å². The van der Waals surface area contributed by atoms with Gasteiger partial charge in [0.15, 0.2) is 11.7 Å². The summed E-state index contributed by atoms with van der Waals surface area (Å²) in [7, 11) is 0. The van der Waals surface area contributed by atoms with Crippen molar-refractivity contribution in [3.05, 3.63) is 44.8 Å². The van der Waals surface area contributed by atoms with E-state index in [1.165, 1.54) is 11.3 Å². The zero-order valence-electron chi connectivity index (χ0n) is 10.6. The number of halogens is 2. The maximum atomic E-state index is 11.6. The molecule has 2 aromatic rings. The van der Waals surface area contributed by atoms with E-state index < -0.39 is 11.9 Å². The molecular weight excluding hydrogens is 380 g/mol. The highest BCUT2D eigenvalue weighted by Gasteiger charge is 2.10. The number of hydrogen-bond acceptors (Lipinski definition) is 5. The van der Waals surface area contributed by atoms with Gasteiger partial charge in [-0.3, -0.25) is 14.9 Å². The summed E-state index contributed by atoms with van der Waals surface area (Å²) < 4.78 is 5.70. The van der Waals surface area contributed by atoms with Crippen LogP contribution in [0.5, 0.6) is 0 Å². The molecule has 0 bridgehead atoms. The van der Waals surface area contributed by atoms with Crippen LogP contribution in [-0.4, -0.2) is 23.5 Å². The number of anilines is 1. The van der Waals surface area contributed by atoms with Gasteiger partial charge in [0.25, 0.3) is 5.91 Å². The van der Waals surface area contributed by atoms with Gasteiger partial charge >= 0.3 is 5.97 Å². The molecule has 0 unspecified atom stereocenters. The molecule has 0 aliphatic carbocycles. The number of thiazole rings is 1. The molecule has 1 amide bonds. The van der Waals surface area contributed by atoms with Crippen LogP contribution in [0.4, 0.5) is 5.13 Å². The lowest BCUT2D eigenvalue weighted by Crippen LogP contribution is -2.21. The van der Waals surface area contributed by atoms with Crippen molar-refractivity contribution in [1.29, 1.82) is 0 Å². The van der Waals surface area contributed by atoms with Crippen molar-refractivity contribution in [2.75, 3.05) is 11.9 Å². The van der Waals surface area contributed by atoms with Crippen molar-refractivity contribution >= 4 is 55.9 Å². The zero-order valence-corrected chi connectivity index (χ0v) is 13.8. The van der Waals surface area contributed by atoms with Crippen molar-refractivity contribution < 1.29 is 14.3 Å². The van der Waals surface area contributed by atoms with Crippen LogP contribution in [0.3, 0.4) is 0 Å². The van der Waals surface area contributed by atoms with Crippen LogP contribution in [0, 0.1) is 0 Å². The minimum atomic E-state index is -0.479. The third kappa shape index (κ3) is 5.45. The molecule has 1 heterocycles. The third-order valence-electron chi connectivity index (χ3n) is 2.35. The molecule has 0 fully saturated rings. The van der Waals surface area contributed by atoms with E-state index in [-0.39, 0.29) is 13.0 Å². The van der Waals surface area contributed by atoms with Crippen molar-refractivity contribution in [1.82, 2.24) is 4.98 Å². The molecule has 1 aromatic carbocycles. The van der Waals surface area contributed by atoms with E-state index in [2.05, 4.69) is 26.2 Å². The lowest BCUT2D eigenvalue weighted by atomic mass is 10.1. The summed E-state index contributed by atoms with van der Waals surface area (Å²) in [6, 6.07) is 6.85. The van der Waals surface area contributed by atoms with Crippen LogP contribution in [0.15, 0.2) is 34.2 Å². The van der Waals surface area contributed by atoms with E-state index in [4.69, 9.17) is 16.3 Å². The number of rotatable bonds is 5. The Morgan fingerprint density at radius 2 is 2.05 bits per heavy atom. The van der Waals surface area contributed by atoms with Gasteiger partial charge in [-0.25, -0.2) is 4.98 Å². The van der Waals surface area contributed by atoms with E-state index in [9.17, 15) is 9.59 Å². The number of hydrogen-bond donors (Lipinski definition) is 1. The van der Waals surface area contributed by atoms with Crippen molar-refractivity contribution in [3.63, 3.8) is 0 Å². The van der Waals surface area contributed by atoms with Crippen LogP contribution in [0.25, 0.3) is 0 Å². The molecule has 1 aromatic heterocycles. The van der Waals surface area contributed by atoms with Gasteiger partial charge in [-0.15, -0.1) is 0 Å². The van der Waals surface area contributed by atoms with E-state index in [0.717, 1.165) is 9.35 Å². The highest BCUT2D eigenvalue weighted by Crippen LogP contribution is 2.22. The molecule has 2 rings (SSSR count). The van der Waals surface area contributed by atoms with Crippen LogP contribution < -0.4 is 5.32 Å². The molecule has 8 heteroatoms. The Morgan fingerprint density at radius 1 is 1.33 bits per heavy atom. The van der Waals surface area contributed by atoms with Gasteiger partial charge in [0, 0.05) is 5.02 Å². The Balaban J connectivity index is 1.75. The first kappa shape index (κ1) is 15.9. The maximum absolute atomic E-state index is 11.6. The van der Waals surface area contributed by atoms with E-state index in [0.29, 0.717) is 10.2 Å². The molecule has 0 saturated heterocycles. The Morgan fingerprint density at radius 3 is 2.67 bits per heavy atom. The largest absolute Gasteiger partial charge is 0.455 e. The third-order valence-corrected chi connectivity index (χ3v) is 3.99. The van der Waals surface area contributed by atoms with Gasteiger partial charge < -0.3 is 4.74 Å². The van der Waals surface area contributed by atoms with Crippen LogP contribution >= 0.6 is 38.9 Å². The number of amides is 1. The Hall–Kier alpha value is -1.44. The number of aromatic nitrogens is 1. The van der Waals surface area contributed by atoms with Gasteiger partial charge in [-0.2, -0.15) is 0 Å². The number of carbonyl (C=O) groups excluding carboxylic acids is 2. The number of nitrogens with one attached hydrogen (secondary N) is 1. The summed E-state index contributed by atoms with van der Waals surface area (Å²) in [6.07, 6.45) is 1.67. The fraction of sp³-hybridized carbons (Fsp3) is 0.154. The Labute approximate surface area is 138 Å². The topological polar surface area (TPSA) is 68.3 Å². The van der Waals surface area contributed by atoms with Crippen molar-refractivity contribution in [2.24, 2.45) is 0 Å². The number of esters is 1. The number of carbonyl (C=O) groups is 2. The molecule has 0 aliphatic heterocycles. The fourth-order valence-corrected chi connectivity index (χ4v) is 2.68. The molecule has 110 valence electrons. The van der Waals surface area contributed by atoms with Gasteiger partial charge in [0.05, 0.1) is 16.4 Å². The predicted octanol–water partition coefficient (Wildman–Crippen LogP) is 3.28. The molecule has 0 atom stereocenters. The molecule has 0 radical (unpaired) electrons. The summed E-state index contributed by atoms with van der Waals surface area (Å²) in [4.78, 5) is 27.1. The first-order chi connectivity index (χ1) is 10.0. The molecule has 0 saturated carbocycles. The highest BCUT2D eigenvalue weighted by molar-refractivity contribution is 9.11. The van der Waals surface area contributed by atoms with Crippen molar-refractivity contribution in [2.45, 2.75) is 6.42 Å². The van der Waals surface area contributed by atoms with Crippen LogP contribution in [0.2, 0.25) is 5.02 Å². The van der Waals surface area contributed by atoms with Gasteiger partial charge in [-0.1, -0.05) is 35.1 Å². The van der Waals surface area contributed by atoms with Crippen LogP contribution in [0.1, 0.15) is 5.56 Å². The monoisotopic (exact) mass is 388 g/mol. The Bertz CT molecular complexity index is 645. The maximum Gasteiger partial charge on any atom is 0.310 e. The number of nitrogens with zero attached hydrogens (tertiary/aromatic N) is 1. The van der Waals surface area contributed by atoms with Gasteiger partial charge in [-0.05, 0) is 33.6 Å². The molecule has 21 heavy (non-hydrogen) atoms. The lowest BCUT2D eigenvalue weighted by molar-refractivity contribution is -0.146. The van der Waals surface area contributed by atoms with Crippen LogP contribution in [-0.2, 0) is 20.7 Å². The smallest absolute Gasteiger partial charge is 0.310 e. The molecule has 1 N–H and O–H groups in total. The first-order valence-electron chi connectivity index (χ1n) is 5.84. The molecule has 5 nitrogen and oxygen atoms in total. The minimum absolute atomic E-state index is 0.0905. The zero-order chi connectivity index (χ0) is 15.2. The predicted molar refractivity (Wildman–Crippen MR) is 84.6 cm³/mol. The minimum Gasteiger partial charge on any atom is -0.455 e. The second-order valence-corrected chi connectivity index (χ2v) is 6.83. The van der Waals surface area contributed by atoms with E-state index >= 15 is 0 Å². The number of ether oxygens (including phenoxy) is 1. The summed E-state index contributed by atoms with van der Waals surface area (Å²) in [6.45, 7) is -0.344. The van der Waals surface area contributed by atoms with Gasteiger partial charge in [0.1, 0.15) is 0 Å². The first-order valence-corrected chi connectivity index (χ1v) is 7.83. The molecule has 0 aliphatic rings. The highest BCUT2D eigenvalue weighted by atomic mass is 79.9. The summed E-state index contributed by atoms with van der Waals surface area (Å²) in [5.74, 6) is -0.908. The lowest BCUT2D eigenvalue weighted by Gasteiger charge is -2.05. The quantitative estimate of drug-likeness (QED) is 0.797. The number of benzene rings is 1. The molecular formula is C13H10BrClN2O3S. The Kier molecular flexibility index (Phi) is 5.72. The summed E-state index contributed by atoms with van der Waals surface area (Å²) in [5.41, 5.74) is 0.772. The second kappa shape index (κ2) is 7.53. The summed E-state index contributed by atoms with van der Waals surface area (Å²) in [5, 5.41) is 3.58. The average Bonchev–Trinajstić information content (AvgIpc) is 2.84. The normalized spacial score (nSPS) is 10.2. The summed E-state index contributed by atoms with van der Waals surface area (Å²) >= 11 is 10.3. The van der Waals surface area contributed by atoms with E-state index in [1.54, 1.807) is 30.5 Å². The van der Waals surface area contributed by atoms with Gasteiger partial charge in [0.2, 0.25) is 0 Å².